The summed E-state index contributed by atoms with van der Waals surface area (Å²) in [4.78, 5) is 2.05. The van der Waals surface area contributed by atoms with Gasteiger partial charge in [-0.15, -0.1) is 6.58 Å². The first-order valence-corrected chi connectivity index (χ1v) is 5.93. The first-order valence-electron chi connectivity index (χ1n) is 5.93. The Balaban J connectivity index is 1.88. The summed E-state index contributed by atoms with van der Waals surface area (Å²) in [6.07, 6.45) is 3.22. The normalized spacial score (nSPS) is 38.9. The molecule has 2 saturated heterocycles. The van der Waals surface area contributed by atoms with Gasteiger partial charge in [0.15, 0.2) is 0 Å². The van der Waals surface area contributed by atoms with E-state index >= 15 is 0 Å². The molecule has 2 fully saturated rings. The van der Waals surface area contributed by atoms with Gasteiger partial charge in [0.05, 0.1) is 19.3 Å². The van der Waals surface area contributed by atoms with E-state index in [1.807, 2.05) is 6.08 Å². The molecule has 0 spiro atoms. The maximum Gasteiger partial charge on any atom is 0.115 e. The molecular weight excluding hydrogens is 209 g/mol. The van der Waals surface area contributed by atoms with Gasteiger partial charge in [-0.25, -0.2) is 4.39 Å². The zero-order valence-electron chi connectivity index (χ0n) is 9.57. The third-order valence-corrected chi connectivity index (χ3v) is 3.69. The van der Waals surface area contributed by atoms with E-state index in [0.29, 0.717) is 19.6 Å². The van der Waals surface area contributed by atoms with Gasteiger partial charge in [-0.1, -0.05) is 6.08 Å². The maximum atomic E-state index is 13.3. The molecule has 0 aliphatic carbocycles. The quantitative estimate of drug-likeness (QED) is 0.566. The van der Waals surface area contributed by atoms with Crippen molar-refractivity contribution in [2.45, 2.75) is 37.1 Å². The van der Waals surface area contributed by atoms with E-state index in [0.717, 1.165) is 19.4 Å². The van der Waals surface area contributed by atoms with Crippen molar-refractivity contribution < 1.29 is 14.2 Å². The number of nitrogens with zero attached hydrogens (tertiary/aromatic N) is 1. The fraction of sp³-hybridized carbons (Fsp3) is 0.833. The van der Waals surface area contributed by atoms with Gasteiger partial charge in [0, 0.05) is 25.0 Å². The SMILES string of the molecule is C=CCCO[C@@H]1CN2C[C@H](F)C[C@]2(CO)C1. The molecule has 2 heterocycles. The predicted molar refractivity (Wildman–Crippen MR) is 60.1 cm³/mol. The molecule has 0 amide bonds. The second kappa shape index (κ2) is 4.82. The average Bonchev–Trinajstić information content (AvgIpc) is 2.71. The number of hydrogen-bond donors (Lipinski definition) is 1. The Bertz CT molecular complexity index is 261. The molecule has 0 saturated carbocycles. The van der Waals surface area contributed by atoms with E-state index in [9.17, 15) is 9.50 Å². The maximum absolute atomic E-state index is 13.3. The summed E-state index contributed by atoms with van der Waals surface area (Å²) in [5.41, 5.74) is -0.349. The van der Waals surface area contributed by atoms with Crippen LogP contribution in [0.3, 0.4) is 0 Å². The van der Waals surface area contributed by atoms with Crippen molar-refractivity contribution in [3.05, 3.63) is 12.7 Å². The van der Waals surface area contributed by atoms with Crippen molar-refractivity contribution in [2.75, 3.05) is 26.3 Å². The lowest BCUT2D eigenvalue weighted by Crippen LogP contribution is -2.41. The van der Waals surface area contributed by atoms with Crippen LogP contribution in [0.5, 0.6) is 0 Å². The van der Waals surface area contributed by atoms with Crippen molar-refractivity contribution in [3.63, 3.8) is 0 Å². The zero-order chi connectivity index (χ0) is 11.6. The third kappa shape index (κ3) is 2.14. The minimum absolute atomic E-state index is 0.0364. The molecule has 1 N–H and O–H groups in total. The van der Waals surface area contributed by atoms with Crippen molar-refractivity contribution in [1.29, 1.82) is 0 Å². The highest BCUT2D eigenvalue weighted by Gasteiger charge is 2.51. The van der Waals surface area contributed by atoms with E-state index in [4.69, 9.17) is 4.74 Å². The first-order chi connectivity index (χ1) is 7.70. The molecule has 4 heteroatoms. The van der Waals surface area contributed by atoms with E-state index in [1.54, 1.807) is 0 Å². The molecule has 0 unspecified atom stereocenters. The number of aliphatic hydroxyl groups is 1. The fourth-order valence-electron chi connectivity index (χ4n) is 2.91. The van der Waals surface area contributed by atoms with Crippen LogP contribution in [0.4, 0.5) is 4.39 Å². The van der Waals surface area contributed by atoms with Crippen LogP contribution in [0.15, 0.2) is 12.7 Å². The van der Waals surface area contributed by atoms with Crippen LogP contribution in [-0.2, 0) is 4.74 Å². The first kappa shape index (κ1) is 12.0. The second-order valence-electron chi connectivity index (χ2n) is 4.86. The van der Waals surface area contributed by atoms with Crippen molar-refractivity contribution in [1.82, 2.24) is 4.90 Å². The number of hydrogen-bond acceptors (Lipinski definition) is 3. The number of ether oxygens (including phenoxy) is 1. The Morgan fingerprint density at radius 3 is 2.94 bits per heavy atom. The van der Waals surface area contributed by atoms with Gasteiger partial charge in [-0.3, -0.25) is 4.90 Å². The molecule has 2 aliphatic rings. The Labute approximate surface area is 95.9 Å². The van der Waals surface area contributed by atoms with E-state index in [1.165, 1.54) is 0 Å². The van der Waals surface area contributed by atoms with Crippen molar-refractivity contribution in [2.24, 2.45) is 0 Å². The van der Waals surface area contributed by atoms with Gasteiger partial charge in [0.2, 0.25) is 0 Å². The zero-order valence-corrected chi connectivity index (χ0v) is 9.57. The number of rotatable bonds is 5. The fourth-order valence-corrected chi connectivity index (χ4v) is 2.91. The summed E-state index contributed by atoms with van der Waals surface area (Å²) < 4.78 is 19.0. The van der Waals surface area contributed by atoms with Gasteiger partial charge in [0.25, 0.3) is 0 Å². The Kier molecular flexibility index (Phi) is 3.62. The lowest BCUT2D eigenvalue weighted by atomic mass is 9.94. The van der Waals surface area contributed by atoms with Gasteiger partial charge in [-0.05, 0) is 12.8 Å². The highest BCUT2D eigenvalue weighted by atomic mass is 19.1. The minimum Gasteiger partial charge on any atom is -0.394 e. The van der Waals surface area contributed by atoms with Crippen molar-refractivity contribution >= 4 is 0 Å². The van der Waals surface area contributed by atoms with Crippen molar-refractivity contribution in [3.8, 4) is 0 Å². The van der Waals surface area contributed by atoms with Crippen LogP contribution >= 0.6 is 0 Å². The molecule has 0 aromatic heterocycles. The summed E-state index contributed by atoms with van der Waals surface area (Å²) in [6.45, 7) is 5.54. The van der Waals surface area contributed by atoms with Crippen LogP contribution in [0, 0.1) is 0 Å². The lowest BCUT2D eigenvalue weighted by Gasteiger charge is -2.28. The topological polar surface area (TPSA) is 32.7 Å². The molecule has 0 radical (unpaired) electrons. The Hall–Kier alpha value is -0.450. The van der Waals surface area contributed by atoms with Gasteiger partial charge < -0.3 is 9.84 Å². The van der Waals surface area contributed by atoms with Crippen LogP contribution < -0.4 is 0 Å². The number of fused-ring (bicyclic) bond motifs is 1. The summed E-state index contributed by atoms with van der Waals surface area (Å²) in [5, 5.41) is 9.45. The highest BCUT2D eigenvalue weighted by Crippen LogP contribution is 2.40. The molecule has 92 valence electrons. The second-order valence-corrected chi connectivity index (χ2v) is 4.86. The largest absolute Gasteiger partial charge is 0.394 e. The van der Waals surface area contributed by atoms with Gasteiger partial charge in [-0.2, -0.15) is 0 Å². The number of halogens is 1. The Morgan fingerprint density at radius 1 is 1.50 bits per heavy atom. The van der Waals surface area contributed by atoms with Gasteiger partial charge >= 0.3 is 0 Å². The molecule has 0 aromatic rings. The summed E-state index contributed by atoms with van der Waals surface area (Å²) in [5.74, 6) is 0. The summed E-state index contributed by atoms with van der Waals surface area (Å²) in [6, 6.07) is 0. The van der Waals surface area contributed by atoms with Crippen LogP contribution in [-0.4, -0.2) is 54.1 Å². The van der Waals surface area contributed by atoms with Crippen LogP contribution in [0.1, 0.15) is 19.3 Å². The minimum atomic E-state index is -0.790. The smallest absolute Gasteiger partial charge is 0.115 e. The lowest BCUT2D eigenvalue weighted by molar-refractivity contribution is 0.0567. The van der Waals surface area contributed by atoms with E-state index in [-0.39, 0.29) is 18.2 Å². The average molecular weight is 229 g/mol. The molecule has 2 aliphatic heterocycles. The highest BCUT2D eigenvalue weighted by molar-refractivity contribution is 5.06. The molecule has 2 rings (SSSR count). The summed E-state index contributed by atoms with van der Waals surface area (Å²) >= 11 is 0. The molecule has 16 heavy (non-hydrogen) atoms. The Morgan fingerprint density at radius 2 is 2.31 bits per heavy atom. The van der Waals surface area contributed by atoms with Crippen LogP contribution in [0.25, 0.3) is 0 Å². The van der Waals surface area contributed by atoms with Gasteiger partial charge in [0.1, 0.15) is 6.17 Å². The third-order valence-electron chi connectivity index (χ3n) is 3.69. The standard InChI is InChI=1S/C12H20FNO2/c1-2-3-4-16-11-6-12(9-15)5-10(13)7-14(12)8-11/h2,10-11,15H,1,3-9H2/t10-,11+,12-/m1/s1. The molecule has 3 nitrogen and oxygen atoms in total. The summed E-state index contributed by atoms with van der Waals surface area (Å²) in [7, 11) is 0. The van der Waals surface area contributed by atoms with E-state index in [2.05, 4.69) is 11.5 Å². The number of aliphatic hydroxyl groups excluding tert-OH is 1. The molecular formula is C12H20FNO2. The predicted octanol–water partition coefficient (Wildman–Crippen LogP) is 1.13. The van der Waals surface area contributed by atoms with E-state index < -0.39 is 6.17 Å². The molecule has 0 bridgehead atoms. The van der Waals surface area contributed by atoms with Crippen LogP contribution in [0.2, 0.25) is 0 Å². The molecule has 0 aromatic carbocycles. The molecule has 3 atom stereocenters. The number of alkyl halides is 1. The monoisotopic (exact) mass is 229 g/mol.